The second kappa shape index (κ2) is 7.41. The number of unbranched alkanes of at least 4 members (excludes halogenated alkanes) is 1. The highest BCUT2D eigenvalue weighted by Gasteiger charge is 1.98. The molecule has 0 aliphatic carbocycles. The summed E-state index contributed by atoms with van der Waals surface area (Å²) in [6, 6.07) is 0. The number of esters is 1. The number of methoxy groups -OCH3 is 1. The average molecular weight is 252 g/mol. The Hall–Kier alpha value is -1.87. The summed E-state index contributed by atoms with van der Waals surface area (Å²) in [5.74, 6) is 5.58. The Labute approximate surface area is 103 Å². The van der Waals surface area contributed by atoms with Crippen molar-refractivity contribution in [2.75, 3.05) is 7.11 Å². The van der Waals surface area contributed by atoms with Crippen LogP contribution in [0.25, 0.3) is 0 Å². The Morgan fingerprint density at radius 1 is 1.76 bits per heavy atom. The predicted octanol–water partition coefficient (Wildman–Crippen LogP) is 1.65. The van der Waals surface area contributed by atoms with Crippen LogP contribution in [0.15, 0.2) is 10.5 Å². The number of thiazole rings is 1. The van der Waals surface area contributed by atoms with E-state index in [0.717, 1.165) is 0 Å². The van der Waals surface area contributed by atoms with Gasteiger partial charge in [0.25, 0.3) is 0 Å². The molecule has 5 nitrogen and oxygen atoms in total. The van der Waals surface area contributed by atoms with E-state index in [1.807, 2.05) is 0 Å². The second-order valence-corrected chi connectivity index (χ2v) is 3.91. The number of hydrogen-bond acceptors (Lipinski definition) is 6. The molecule has 0 aliphatic rings. The summed E-state index contributed by atoms with van der Waals surface area (Å²) in [6.45, 7) is 0. The van der Waals surface area contributed by atoms with E-state index in [1.165, 1.54) is 24.7 Å². The fraction of sp³-hybridized carbons (Fsp3) is 0.364. The number of carbonyl (C=O) groups is 1. The van der Waals surface area contributed by atoms with Crippen molar-refractivity contribution in [3.8, 4) is 11.8 Å². The van der Waals surface area contributed by atoms with Gasteiger partial charge in [0.1, 0.15) is 0 Å². The van der Waals surface area contributed by atoms with Crippen molar-refractivity contribution < 1.29 is 14.7 Å². The van der Waals surface area contributed by atoms with Crippen LogP contribution in [-0.4, -0.2) is 29.5 Å². The van der Waals surface area contributed by atoms with Gasteiger partial charge >= 0.3 is 5.97 Å². The van der Waals surface area contributed by atoms with Gasteiger partial charge in [-0.05, 0) is 12.3 Å². The van der Waals surface area contributed by atoms with Gasteiger partial charge in [-0.15, -0.1) is 11.3 Å². The topological polar surface area (TPSA) is 71.8 Å². The van der Waals surface area contributed by atoms with E-state index in [9.17, 15) is 4.79 Å². The highest BCUT2D eigenvalue weighted by molar-refractivity contribution is 7.10. The van der Waals surface area contributed by atoms with Crippen molar-refractivity contribution in [3.05, 3.63) is 16.1 Å². The van der Waals surface area contributed by atoms with E-state index in [2.05, 4.69) is 26.7 Å². The molecule has 0 saturated carbocycles. The van der Waals surface area contributed by atoms with Crippen molar-refractivity contribution in [2.24, 2.45) is 5.16 Å². The van der Waals surface area contributed by atoms with Crippen molar-refractivity contribution in [2.45, 2.75) is 19.3 Å². The first kappa shape index (κ1) is 13.2. The lowest BCUT2D eigenvalue weighted by molar-refractivity contribution is -0.140. The van der Waals surface area contributed by atoms with E-state index in [1.54, 1.807) is 5.38 Å². The maximum Gasteiger partial charge on any atom is 0.305 e. The molecule has 90 valence electrons. The number of hydrogen-bond donors (Lipinski definition) is 1. The molecule has 1 aromatic heterocycles. The number of carbonyl (C=O) groups excluding carboxylic acids is 1. The molecule has 1 aromatic rings. The molecule has 0 saturated heterocycles. The Kier molecular flexibility index (Phi) is 5.75. The van der Waals surface area contributed by atoms with Gasteiger partial charge in [-0.3, -0.25) is 4.79 Å². The summed E-state index contributed by atoms with van der Waals surface area (Å²) < 4.78 is 4.51. The Bertz CT molecular complexity index is 457. The molecular weight excluding hydrogens is 240 g/mol. The lowest BCUT2D eigenvalue weighted by atomic mass is 10.2. The van der Waals surface area contributed by atoms with Crippen LogP contribution in [0.4, 0.5) is 0 Å². The summed E-state index contributed by atoms with van der Waals surface area (Å²) in [6.07, 6.45) is 2.93. The van der Waals surface area contributed by atoms with Crippen LogP contribution in [0.5, 0.6) is 0 Å². The molecule has 0 amide bonds. The van der Waals surface area contributed by atoms with Crippen molar-refractivity contribution in [3.63, 3.8) is 0 Å². The van der Waals surface area contributed by atoms with Crippen LogP contribution in [0, 0.1) is 11.8 Å². The maximum atomic E-state index is 10.8. The third-order valence-electron chi connectivity index (χ3n) is 1.82. The van der Waals surface area contributed by atoms with E-state index < -0.39 is 0 Å². The molecule has 0 spiro atoms. The molecule has 1 heterocycles. The molecule has 0 aliphatic heterocycles. The summed E-state index contributed by atoms with van der Waals surface area (Å²) in [7, 11) is 1.37. The predicted molar refractivity (Wildman–Crippen MR) is 64.2 cm³/mol. The van der Waals surface area contributed by atoms with Gasteiger partial charge in [0.15, 0.2) is 5.01 Å². The molecule has 6 heteroatoms. The number of ether oxygens (including phenoxy) is 1. The smallest absolute Gasteiger partial charge is 0.305 e. The molecule has 1 N–H and O–H groups in total. The van der Waals surface area contributed by atoms with Crippen LogP contribution < -0.4 is 0 Å². The van der Waals surface area contributed by atoms with E-state index in [0.29, 0.717) is 30.0 Å². The highest BCUT2D eigenvalue weighted by atomic mass is 32.1. The van der Waals surface area contributed by atoms with Gasteiger partial charge in [0.2, 0.25) is 0 Å². The average Bonchev–Trinajstić information content (AvgIpc) is 2.76. The number of nitrogens with zero attached hydrogens (tertiary/aromatic N) is 2. The van der Waals surface area contributed by atoms with Crippen LogP contribution in [0.2, 0.25) is 0 Å². The Morgan fingerprint density at radius 3 is 3.29 bits per heavy atom. The van der Waals surface area contributed by atoms with Gasteiger partial charge in [-0.2, -0.15) is 0 Å². The summed E-state index contributed by atoms with van der Waals surface area (Å²) in [5.41, 5.74) is 0.580. The van der Waals surface area contributed by atoms with E-state index in [4.69, 9.17) is 5.21 Å². The lowest BCUT2D eigenvalue weighted by Gasteiger charge is -1.93. The van der Waals surface area contributed by atoms with Crippen LogP contribution in [-0.2, 0) is 9.53 Å². The van der Waals surface area contributed by atoms with Crippen molar-refractivity contribution in [1.82, 2.24) is 4.98 Å². The minimum Gasteiger partial charge on any atom is -0.469 e. The normalized spacial score (nSPS) is 9.94. The standard InChI is InChI=1S/C11H12N2O3S/c1-16-11(14)6-4-2-3-5-10-13-9(7-12-15)8-17-10/h7-8,15H,2,4,6H2,1H3/b12-7-. The molecule has 0 radical (unpaired) electrons. The van der Waals surface area contributed by atoms with Crippen LogP contribution in [0.3, 0.4) is 0 Å². The quantitative estimate of drug-likeness (QED) is 0.221. The van der Waals surface area contributed by atoms with Crippen LogP contribution in [0.1, 0.15) is 30.0 Å². The van der Waals surface area contributed by atoms with E-state index >= 15 is 0 Å². The largest absolute Gasteiger partial charge is 0.469 e. The van der Waals surface area contributed by atoms with Crippen molar-refractivity contribution >= 4 is 23.5 Å². The molecule has 17 heavy (non-hydrogen) atoms. The number of rotatable bonds is 4. The molecule has 1 rings (SSSR count). The summed E-state index contributed by atoms with van der Waals surface area (Å²) >= 11 is 1.38. The van der Waals surface area contributed by atoms with Gasteiger partial charge in [0.05, 0.1) is 19.0 Å². The summed E-state index contributed by atoms with van der Waals surface area (Å²) in [5, 5.41) is 13.6. The molecule has 0 aromatic carbocycles. The lowest BCUT2D eigenvalue weighted by Crippen LogP contribution is -1.98. The van der Waals surface area contributed by atoms with Crippen molar-refractivity contribution in [1.29, 1.82) is 0 Å². The minimum absolute atomic E-state index is 0.220. The van der Waals surface area contributed by atoms with Gasteiger partial charge in [-0.1, -0.05) is 11.1 Å². The third-order valence-corrected chi connectivity index (χ3v) is 2.59. The zero-order valence-corrected chi connectivity index (χ0v) is 10.2. The molecule has 0 fully saturated rings. The molecule has 0 atom stereocenters. The second-order valence-electron chi connectivity index (χ2n) is 3.05. The first-order chi connectivity index (χ1) is 8.26. The zero-order chi connectivity index (χ0) is 12.5. The first-order valence-electron chi connectivity index (χ1n) is 4.95. The zero-order valence-electron chi connectivity index (χ0n) is 9.34. The van der Waals surface area contributed by atoms with Crippen LogP contribution >= 0.6 is 11.3 Å². The third kappa shape index (κ3) is 5.13. The molecular formula is C11H12N2O3S. The van der Waals surface area contributed by atoms with Gasteiger partial charge < -0.3 is 9.94 Å². The fourth-order valence-electron chi connectivity index (χ4n) is 1.02. The van der Waals surface area contributed by atoms with E-state index in [-0.39, 0.29) is 5.97 Å². The molecule has 0 unspecified atom stereocenters. The van der Waals surface area contributed by atoms with Gasteiger partial charge in [-0.25, -0.2) is 4.98 Å². The first-order valence-corrected chi connectivity index (χ1v) is 5.83. The monoisotopic (exact) mass is 252 g/mol. The maximum absolute atomic E-state index is 10.8. The van der Waals surface area contributed by atoms with Gasteiger partial charge in [0, 0.05) is 18.2 Å². The minimum atomic E-state index is -0.220. The summed E-state index contributed by atoms with van der Waals surface area (Å²) in [4.78, 5) is 14.9. The Morgan fingerprint density at radius 2 is 2.59 bits per heavy atom. The Balaban J connectivity index is 2.35. The number of aromatic nitrogens is 1. The highest BCUT2D eigenvalue weighted by Crippen LogP contribution is 2.06. The number of oxime groups is 1. The fourth-order valence-corrected chi connectivity index (χ4v) is 1.66. The molecule has 0 bridgehead atoms. The SMILES string of the molecule is COC(=O)CCCC#Cc1nc(/C=N\O)cs1.